The van der Waals surface area contributed by atoms with Crippen LogP contribution in [0.3, 0.4) is 0 Å². The van der Waals surface area contributed by atoms with Crippen LogP contribution in [-0.4, -0.2) is 38.2 Å². The first-order chi connectivity index (χ1) is 11.3. The quantitative estimate of drug-likeness (QED) is 0.910. The number of nitrogens with zero attached hydrogens (tertiary/aromatic N) is 2. The fourth-order valence-electron chi connectivity index (χ4n) is 2.40. The maximum atomic E-state index is 12.4. The maximum absolute atomic E-state index is 12.4. The molecule has 0 fully saturated rings. The summed E-state index contributed by atoms with van der Waals surface area (Å²) in [6.07, 6.45) is 1.78. The van der Waals surface area contributed by atoms with Crippen molar-refractivity contribution in [2.24, 2.45) is 0 Å². The summed E-state index contributed by atoms with van der Waals surface area (Å²) in [5, 5.41) is 2.65. The molecule has 0 saturated carbocycles. The lowest BCUT2D eigenvalue weighted by molar-refractivity contribution is -0.122. The number of aryl methyl sites for hydroxylation is 1. The van der Waals surface area contributed by atoms with Crippen LogP contribution in [0.2, 0.25) is 0 Å². The van der Waals surface area contributed by atoms with Crippen molar-refractivity contribution in [1.29, 1.82) is 0 Å². The van der Waals surface area contributed by atoms with Gasteiger partial charge in [-0.25, -0.2) is 13.4 Å². The minimum Gasteiger partial charge on any atom is -0.476 e. The molecule has 1 N–H and O–H groups in total. The number of pyridine rings is 1. The van der Waals surface area contributed by atoms with Gasteiger partial charge in [-0.3, -0.25) is 9.10 Å². The first-order valence-corrected chi connectivity index (χ1v) is 9.16. The highest BCUT2D eigenvalue weighted by Crippen LogP contribution is 2.34. The Kier molecular flexibility index (Phi) is 4.15. The summed E-state index contributed by atoms with van der Waals surface area (Å²) >= 11 is 0. The summed E-state index contributed by atoms with van der Waals surface area (Å²) < 4.78 is 30.9. The van der Waals surface area contributed by atoms with Crippen LogP contribution in [0.4, 0.5) is 11.5 Å². The molecule has 3 rings (SSSR count). The van der Waals surface area contributed by atoms with Gasteiger partial charge >= 0.3 is 0 Å². The SMILES string of the molecule is Cc1ccc(NC(=O)[C@@H]2CN(S(C)(=O)=O)c3ccccc3O2)nc1. The number of sulfonamides is 1. The number of benzene rings is 1. The molecule has 8 heteroatoms. The molecule has 1 aliphatic rings. The highest BCUT2D eigenvalue weighted by molar-refractivity contribution is 7.92. The number of carbonyl (C=O) groups is 1. The summed E-state index contributed by atoms with van der Waals surface area (Å²) in [7, 11) is -3.53. The number of carbonyl (C=O) groups excluding carboxylic acids is 1. The summed E-state index contributed by atoms with van der Waals surface area (Å²) in [6, 6.07) is 10.2. The second-order valence-corrected chi connectivity index (χ2v) is 7.49. The Balaban J connectivity index is 1.85. The van der Waals surface area contributed by atoms with Crippen LogP contribution in [-0.2, 0) is 14.8 Å². The van der Waals surface area contributed by atoms with E-state index >= 15 is 0 Å². The first-order valence-electron chi connectivity index (χ1n) is 7.31. The lowest BCUT2D eigenvalue weighted by Crippen LogP contribution is -2.48. The van der Waals surface area contributed by atoms with Crippen molar-refractivity contribution < 1.29 is 17.9 Å². The lowest BCUT2D eigenvalue weighted by Gasteiger charge is -2.33. The number of ether oxygens (including phenoxy) is 1. The van der Waals surface area contributed by atoms with Crippen LogP contribution in [0.1, 0.15) is 5.56 Å². The largest absolute Gasteiger partial charge is 0.476 e. The normalized spacial score (nSPS) is 16.9. The Morgan fingerprint density at radius 1 is 1.29 bits per heavy atom. The van der Waals surface area contributed by atoms with E-state index in [2.05, 4.69) is 10.3 Å². The second-order valence-electron chi connectivity index (χ2n) is 5.58. The Hall–Kier alpha value is -2.61. The van der Waals surface area contributed by atoms with Crippen LogP contribution < -0.4 is 14.4 Å². The predicted molar refractivity (Wildman–Crippen MR) is 90.7 cm³/mol. The van der Waals surface area contributed by atoms with Gasteiger partial charge in [0, 0.05) is 6.20 Å². The number of aromatic nitrogens is 1. The lowest BCUT2D eigenvalue weighted by atomic mass is 10.2. The van der Waals surface area contributed by atoms with Gasteiger partial charge in [-0.1, -0.05) is 18.2 Å². The van der Waals surface area contributed by atoms with E-state index in [1.807, 2.05) is 13.0 Å². The van der Waals surface area contributed by atoms with Gasteiger partial charge in [0.25, 0.3) is 5.91 Å². The fourth-order valence-corrected chi connectivity index (χ4v) is 3.32. The van der Waals surface area contributed by atoms with Gasteiger partial charge in [0.2, 0.25) is 10.0 Å². The molecule has 0 saturated heterocycles. The Morgan fingerprint density at radius 2 is 2.04 bits per heavy atom. The Labute approximate surface area is 140 Å². The van der Waals surface area contributed by atoms with Gasteiger partial charge in [0.15, 0.2) is 6.10 Å². The topological polar surface area (TPSA) is 88.6 Å². The molecular weight excluding hydrogens is 330 g/mol. The molecule has 1 aliphatic heterocycles. The minimum absolute atomic E-state index is 0.0897. The van der Waals surface area contributed by atoms with E-state index in [1.165, 1.54) is 4.31 Å². The van der Waals surface area contributed by atoms with Crippen LogP contribution in [0, 0.1) is 6.92 Å². The van der Waals surface area contributed by atoms with E-state index in [1.54, 1.807) is 36.5 Å². The summed E-state index contributed by atoms with van der Waals surface area (Å²) in [5.74, 6) is 0.291. The molecule has 24 heavy (non-hydrogen) atoms. The van der Waals surface area contributed by atoms with Crippen LogP contribution in [0.5, 0.6) is 5.75 Å². The highest BCUT2D eigenvalue weighted by atomic mass is 32.2. The molecule has 1 atom stereocenters. The van der Waals surface area contributed by atoms with Gasteiger partial charge in [0.1, 0.15) is 11.6 Å². The van der Waals surface area contributed by atoms with Gasteiger partial charge < -0.3 is 10.1 Å². The van der Waals surface area contributed by atoms with E-state index in [-0.39, 0.29) is 6.54 Å². The monoisotopic (exact) mass is 347 g/mol. The third-order valence-corrected chi connectivity index (χ3v) is 4.74. The summed E-state index contributed by atoms with van der Waals surface area (Å²) in [6.45, 7) is 1.80. The average Bonchev–Trinajstić information content (AvgIpc) is 2.55. The molecule has 1 aromatic carbocycles. The maximum Gasteiger partial charge on any atom is 0.268 e. The van der Waals surface area contributed by atoms with Gasteiger partial charge in [-0.2, -0.15) is 0 Å². The van der Waals surface area contributed by atoms with Gasteiger partial charge in [-0.15, -0.1) is 0 Å². The average molecular weight is 347 g/mol. The molecule has 0 aliphatic carbocycles. The van der Waals surface area contributed by atoms with Crippen molar-refractivity contribution in [1.82, 2.24) is 4.98 Å². The van der Waals surface area contributed by atoms with E-state index in [0.717, 1.165) is 11.8 Å². The molecule has 7 nitrogen and oxygen atoms in total. The summed E-state index contributed by atoms with van der Waals surface area (Å²) in [4.78, 5) is 16.5. The number of para-hydroxylation sites is 2. The standard InChI is InChI=1S/C16H17N3O4S/c1-11-7-8-15(17-9-11)18-16(20)14-10-19(24(2,21)22)12-5-3-4-6-13(12)23-14/h3-9,14H,10H2,1-2H3,(H,17,18,20)/t14-/m0/s1. The van der Waals surface area contributed by atoms with Crippen molar-refractivity contribution in [3.8, 4) is 5.75 Å². The molecule has 2 heterocycles. The van der Waals surface area contributed by atoms with Gasteiger partial charge in [-0.05, 0) is 30.7 Å². The number of hydrogen-bond acceptors (Lipinski definition) is 5. The fraction of sp³-hybridized carbons (Fsp3) is 0.250. The molecule has 0 unspecified atom stereocenters. The smallest absolute Gasteiger partial charge is 0.268 e. The molecule has 126 valence electrons. The molecular formula is C16H17N3O4S. The Bertz CT molecular complexity index is 865. The number of nitrogens with one attached hydrogen (secondary N) is 1. The van der Waals surface area contributed by atoms with Crippen LogP contribution >= 0.6 is 0 Å². The van der Waals surface area contributed by atoms with Crippen molar-refractivity contribution in [3.05, 3.63) is 48.2 Å². The van der Waals surface area contributed by atoms with Gasteiger partial charge in [0.05, 0.1) is 18.5 Å². The molecule has 1 amide bonds. The zero-order valence-electron chi connectivity index (χ0n) is 13.3. The highest BCUT2D eigenvalue weighted by Gasteiger charge is 2.34. The number of fused-ring (bicyclic) bond motifs is 1. The second kappa shape index (κ2) is 6.12. The molecule has 0 spiro atoms. The van der Waals surface area contributed by atoms with E-state index in [4.69, 9.17) is 4.74 Å². The number of anilines is 2. The van der Waals surface area contributed by atoms with E-state index < -0.39 is 22.0 Å². The van der Waals surface area contributed by atoms with Crippen molar-refractivity contribution in [3.63, 3.8) is 0 Å². The molecule has 2 aromatic rings. The Morgan fingerprint density at radius 3 is 2.71 bits per heavy atom. The zero-order chi connectivity index (χ0) is 17.3. The molecule has 1 aromatic heterocycles. The minimum atomic E-state index is -3.53. The molecule has 0 bridgehead atoms. The van der Waals surface area contributed by atoms with E-state index in [9.17, 15) is 13.2 Å². The molecule has 0 radical (unpaired) electrons. The van der Waals surface area contributed by atoms with Crippen molar-refractivity contribution >= 4 is 27.4 Å². The van der Waals surface area contributed by atoms with Crippen molar-refractivity contribution in [2.75, 3.05) is 22.4 Å². The third-order valence-electron chi connectivity index (χ3n) is 3.59. The number of amides is 1. The first kappa shape index (κ1) is 16.3. The van der Waals surface area contributed by atoms with Crippen LogP contribution in [0.25, 0.3) is 0 Å². The van der Waals surface area contributed by atoms with Crippen LogP contribution in [0.15, 0.2) is 42.6 Å². The predicted octanol–water partition coefficient (Wildman–Crippen LogP) is 1.56. The zero-order valence-corrected chi connectivity index (χ0v) is 14.1. The third kappa shape index (κ3) is 3.33. The van der Waals surface area contributed by atoms with Crippen molar-refractivity contribution in [2.45, 2.75) is 13.0 Å². The summed E-state index contributed by atoms with van der Waals surface area (Å²) in [5.41, 5.74) is 1.40. The number of hydrogen-bond donors (Lipinski definition) is 1. The number of rotatable bonds is 3. The van der Waals surface area contributed by atoms with E-state index in [0.29, 0.717) is 17.3 Å².